The number of hydrogen-bond acceptors (Lipinski definition) is 4. The molecule has 188 valence electrons. The monoisotopic (exact) mass is 514 g/mol. The first-order chi connectivity index (χ1) is 19.6. The number of fused-ring (bicyclic) bond motifs is 9. The Bertz CT molecular complexity index is 2270. The molecule has 8 rings (SSSR count). The number of benzene rings is 5. The zero-order chi connectivity index (χ0) is 27.1. The van der Waals surface area contributed by atoms with Gasteiger partial charge in [0.15, 0.2) is 0 Å². The topological polar surface area (TPSA) is 68.9 Å². The quantitative estimate of drug-likeness (QED) is 0.231. The van der Waals surface area contributed by atoms with Gasteiger partial charge in [-0.3, -0.25) is 0 Å². The largest absolute Gasteiger partial charge is 0.455 e. The Morgan fingerprint density at radius 1 is 0.675 bits per heavy atom. The molecular weight excluding hydrogens is 492 g/mol. The zero-order valence-electron chi connectivity index (χ0n) is 21.9. The van der Waals surface area contributed by atoms with Crippen molar-refractivity contribution in [3.8, 4) is 29.0 Å². The summed E-state index contributed by atoms with van der Waals surface area (Å²) in [6, 6.07) is 35.4. The van der Waals surface area contributed by atoms with Crippen molar-refractivity contribution in [3.05, 3.63) is 102 Å². The predicted octanol–water partition coefficient (Wildman–Crippen LogP) is 8.95. The molecule has 0 saturated heterocycles. The van der Waals surface area contributed by atoms with E-state index in [4.69, 9.17) is 4.42 Å². The van der Waals surface area contributed by atoms with Crippen LogP contribution in [-0.2, 0) is 0 Å². The molecule has 0 bridgehead atoms. The molecular formula is C35H22N4O. The summed E-state index contributed by atoms with van der Waals surface area (Å²) in [5, 5.41) is 23.5. The molecule has 3 heterocycles. The van der Waals surface area contributed by atoms with Crippen LogP contribution in [0, 0.1) is 22.7 Å². The van der Waals surface area contributed by atoms with Crippen LogP contribution in [0.25, 0.3) is 60.6 Å². The summed E-state index contributed by atoms with van der Waals surface area (Å²) >= 11 is 0. The van der Waals surface area contributed by atoms with Gasteiger partial charge in [-0.05, 0) is 85.6 Å². The number of nitrogens with zero attached hydrogens (tertiary/aromatic N) is 4. The van der Waals surface area contributed by atoms with Crippen molar-refractivity contribution in [3.63, 3.8) is 0 Å². The van der Waals surface area contributed by atoms with E-state index in [0.29, 0.717) is 11.1 Å². The fourth-order valence-corrected chi connectivity index (χ4v) is 6.39. The average molecular weight is 515 g/mol. The van der Waals surface area contributed by atoms with Gasteiger partial charge < -0.3 is 13.9 Å². The molecule has 5 heteroatoms. The van der Waals surface area contributed by atoms with Gasteiger partial charge in [-0.25, -0.2) is 0 Å². The van der Waals surface area contributed by atoms with E-state index in [-0.39, 0.29) is 6.04 Å². The number of hydrogen-bond donors (Lipinski definition) is 0. The fraction of sp³-hybridized carbons (Fsp3) is 0.0857. The molecule has 7 aromatic rings. The van der Waals surface area contributed by atoms with E-state index in [1.165, 1.54) is 0 Å². The Morgan fingerprint density at radius 2 is 1.45 bits per heavy atom. The molecule has 0 atom stereocenters. The van der Waals surface area contributed by atoms with E-state index >= 15 is 0 Å². The highest BCUT2D eigenvalue weighted by Crippen LogP contribution is 2.51. The molecule has 0 unspecified atom stereocenters. The molecule has 5 nitrogen and oxygen atoms in total. The molecule has 0 aliphatic carbocycles. The minimum atomic E-state index is 0.170. The summed E-state index contributed by atoms with van der Waals surface area (Å²) in [5.74, 6) is 0. The maximum absolute atomic E-state index is 9.78. The highest BCUT2D eigenvalue weighted by Gasteiger charge is 2.31. The second-order valence-corrected chi connectivity index (χ2v) is 10.6. The maximum Gasteiger partial charge on any atom is 0.145 e. The first-order valence-corrected chi connectivity index (χ1v) is 13.3. The van der Waals surface area contributed by atoms with Crippen LogP contribution in [0.2, 0.25) is 0 Å². The van der Waals surface area contributed by atoms with E-state index in [9.17, 15) is 10.5 Å². The lowest BCUT2D eigenvalue weighted by Crippen LogP contribution is -2.29. The smallest absolute Gasteiger partial charge is 0.145 e. The minimum absolute atomic E-state index is 0.170. The van der Waals surface area contributed by atoms with E-state index in [2.05, 4.69) is 71.9 Å². The van der Waals surface area contributed by atoms with E-state index in [1.54, 1.807) is 0 Å². The number of rotatable bonds is 2. The van der Waals surface area contributed by atoms with E-state index in [0.717, 1.165) is 71.9 Å². The van der Waals surface area contributed by atoms with Gasteiger partial charge in [0.25, 0.3) is 0 Å². The molecule has 0 amide bonds. The van der Waals surface area contributed by atoms with Gasteiger partial charge in [-0.1, -0.05) is 30.3 Å². The van der Waals surface area contributed by atoms with Crippen LogP contribution in [0.1, 0.15) is 25.0 Å². The average Bonchev–Trinajstić information content (AvgIpc) is 3.53. The zero-order valence-corrected chi connectivity index (χ0v) is 21.9. The lowest BCUT2D eigenvalue weighted by molar-refractivity contribution is 0.673. The van der Waals surface area contributed by atoms with E-state index < -0.39 is 0 Å². The van der Waals surface area contributed by atoms with Gasteiger partial charge in [0.2, 0.25) is 0 Å². The standard InChI is InChI=1S/C35H22N4O/c1-20(2)38-28-13-9-22(19-37)15-30(28)39-29-14-12-26-25-5-3-4-6-32(25)40-35(26)33(29)27-16-24(17-31(38)34(27)39)23-10-7-21(18-36)8-11-23/h3-17,20H,1-2H3. The van der Waals surface area contributed by atoms with Gasteiger partial charge in [-0.2, -0.15) is 10.5 Å². The van der Waals surface area contributed by atoms with Crippen molar-refractivity contribution in [2.75, 3.05) is 4.90 Å². The minimum Gasteiger partial charge on any atom is -0.455 e. The van der Waals surface area contributed by atoms with Crippen LogP contribution in [-0.4, -0.2) is 10.6 Å². The van der Waals surface area contributed by atoms with E-state index in [1.807, 2.05) is 54.6 Å². The summed E-state index contributed by atoms with van der Waals surface area (Å²) < 4.78 is 8.86. The molecule has 5 aromatic carbocycles. The highest BCUT2D eigenvalue weighted by atomic mass is 16.3. The van der Waals surface area contributed by atoms with Gasteiger partial charge >= 0.3 is 0 Å². The SMILES string of the molecule is CC(C)N1c2ccc(C#N)cc2-n2c3ccc4c5ccccc5oc4c3c3cc(-c4ccc(C#N)cc4)cc1c32. The van der Waals surface area contributed by atoms with Crippen molar-refractivity contribution in [1.29, 1.82) is 10.5 Å². The third-order valence-electron chi connectivity index (χ3n) is 8.08. The number of anilines is 2. The van der Waals surface area contributed by atoms with Crippen LogP contribution in [0.4, 0.5) is 11.4 Å². The Labute approximate surface area is 230 Å². The summed E-state index contributed by atoms with van der Waals surface area (Å²) in [4.78, 5) is 2.36. The molecule has 0 fully saturated rings. The van der Waals surface area contributed by atoms with Gasteiger partial charge in [0.05, 0.1) is 56.7 Å². The molecule has 1 aliphatic rings. The van der Waals surface area contributed by atoms with Crippen LogP contribution in [0.3, 0.4) is 0 Å². The molecule has 1 aliphatic heterocycles. The van der Waals surface area contributed by atoms with Crippen molar-refractivity contribution in [1.82, 2.24) is 4.57 Å². The molecule has 0 saturated carbocycles. The number of aromatic nitrogens is 1. The Balaban J connectivity index is 1.59. The van der Waals surface area contributed by atoms with Crippen LogP contribution < -0.4 is 4.90 Å². The maximum atomic E-state index is 9.78. The fourth-order valence-electron chi connectivity index (χ4n) is 6.39. The summed E-state index contributed by atoms with van der Waals surface area (Å²) in [6.45, 7) is 4.38. The van der Waals surface area contributed by atoms with Crippen molar-refractivity contribution >= 4 is 55.1 Å². The number of furan rings is 1. The van der Waals surface area contributed by atoms with Crippen LogP contribution >= 0.6 is 0 Å². The Hall–Kier alpha value is -5.52. The van der Waals surface area contributed by atoms with Crippen LogP contribution in [0.15, 0.2) is 95.4 Å². The molecule has 0 spiro atoms. The first kappa shape index (κ1) is 22.5. The van der Waals surface area contributed by atoms with Gasteiger partial charge in [-0.15, -0.1) is 0 Å². The molecule has 0 radical (unpaired) electrons. The second-order valence-electron chi connectivity index (χ2n) is 10.6. The number of para-hydroxylation sites is 1. The lowest BCUT2D eigenvalue weighted by atomic mass is 9.98. The Morgan fingerprint density at radius 3 is 2.23 bits per heavy atom. The third-order valence-corrected chi connectivity index (χ3v) is 8.08. The highest BCUT2D eigenvalue weighted by molar-refractivity contribution is 6.26. The second kappa shape index (κ2) is 7.99. The summed E-state index contributed by atoms with van der Waals surface area (Å²) in [6.07, 6.45) is 0. The first-order valence-electron chi connectivity index (χ1n) is 13.3. The number of nitriles is 2. The van der Waals surface area contributed by atoms with Crippen molar-refractivity contribution < 1.29 is 4.42 Å². The normalized spacial score (nSPS) is 12.4. The van der Waals surface area contributed by atoms with Crippen LogP contribution in [0.5, 0.6) is 0 Å². The van der Waals surface area contributed by atoms with Crippen molar-refractivity contribution in [2.45, 2.75) is 19.9 Å². The Kier molecular flexibility index (Phi) is 4.49. The van der Waals surface area contributed by atoms with Crippen molar-refractivity contribution in [2.24, 2.45) is 0 Å². The lowest BCUT2D eigenvalue weighted by Gasteiger charge is -2.36. The third kappa shape index (κ3) is 2.89. The summed E-state index contributed by atoms with van der Waals surface area (Å²) in [7, 11) is 0. The predicted molar refractivity (Wildman–Crippen MR) is 160 cm³/mol. The molecule has 0 N–H and O–H groups in total. The van der Waals surface area contributed by atoms with Gasteiger partial charge in [0, 0.05) is 22.2 Å². The molecule has 40 heavy (non-hydrogen) atoms. The molecule has 2 aromatic heterocycles. The summed E-state index contributed by atoms with van der Waals surface area (Å²) in [5.41, 5.74) is 10.4. The van der Waals surface area contributed by atoms with Gasteiger partial charge in [0.1, 0.15) is 11.2 Å².